The molecule has 1 aliphatic rings. The van der Waals surface area contributed by atoms with E-state index in [1.807, 2.05) is 53.5 Å². The van der Waals surface area contributed by atoms with Gasteiger partial charge in [-0.15, -0.1) is 0 Å². The van der Waals surface area contributed by atoms with E-state index in [0.29, 0.717) is 5.57 Å². The molecule has 3 nitrogen and oxygen atoms in total. The standard InChI is InChI=1S/C13H9IN2O/c14-10-4-3-5-11-12(10)9(13(17)15-11)8-16-6-1-2-7-16/h1-8H,(H,15,17). The van der Waals surface area contributed by atoms with Crippen molar-refractivity contribution < 1.29 is 4.79 Å². The number of carbonyl (C=O) groups is 1. The van der Waals surface area contributed by atoms with Gasteiger partial charge in [-0.1, -0.05) is 6.07 Å². The summed E-state index contributed by atoms with van der Waals surface area (Å²) in [5.41, 5.74) is 2.59. The van der Waals surface area contributed by atoms with Gasteiger partial charge in [0.05, 0.1) is 11.3 Å². The Kier molecular flexibility index (Phi) is 2.51. The maximum Gasteiger partial charge on any atom is 0.257 e. The van der Waals surface area contributed by atoms with E-state index in [1.54, 1.807) is 0 Å². The lowest BCUT2D eigenvalue weighted by Crippen LogP contribution is -2.04. The maximum absolute atomic E-state index is 11.9. The van der Waals surface area contributed by atoms with Gasteiger partial charge < -0.3 is 9.88 Å². The van der Waals surface area contributed by atoms with Crippen LogP contribution in [0.3, 0.4) is 0 Å². The average molecular weight is 336 g/mol. The number of rotatable bonds is 1. The summed E-state index contributed by atoms with van der Waals surface area (Å²) in [5, 5.41) is 2.88. The number of hydrogen-bond acceptors (Lipinski definition) is 1. The summed E-state index contributed by atoms with van der Waals surface area (Å²) in [7, 11) is 0. The highest BCUT2D eigenvalue weighted by Crippen LogP contribution is 2.35. The summed E-state index contributed by atoms with van der Waals surface area (Å²) in [5.74, 6) is -0.0437. The molecule has 2 aromatic rings. The van der Waals surface area contributed by atoms with Gasteiger partial charge in [0.25, 0.3) is 5.91 Å². The smallest absolute Gasteiger partial charge is 0.257 e. The molecule has 1 aromatic carbocycles. The molecular weight excluding hydrogens is 327 g/mol. The fourth-order valence-electron chi connectivity index (χ4n) is 1.91. The maximum atomic E-state index is 11.9. The molecule has 0 radical (unpaired) electrons. The van der Waals surface area contributed by atoms with Crippen molar-refractivity contribution in [3.63, 3.8) is 0 Å². The zero-order valence-corrected chi connectivity index (χ0v) is 11.0. The van der Waals surface area contributed by atoms with E-state index in [9.17, 15) is 4.79 Å². The molecule has 2 heterocycles. The minimum absolute atomic E-state index is 0.0437. The molecule has 1 aliphatic heterocycles. The predicted molar refractivity (Wildman–Crippen MR) is 76.4 cm³/mol. The number of fused-ring (bicyclic) bond motifs is 1. The van der Waals surface area contributed by atoms with Gasteiger partial charge in [-0.25, -0.2) is 0 Å². The van der Waals surface area contributed by atoms with Crippen molar-refractivity contribution in [2.45, 2.75) is 0 Å². The summed E-state index contributed by atoms with van der Waals surface area (Å²) in [6.45, 7) is 0. The molecule has 1 aromatic heterocycles. The lowest BCUT2D eigenvalue weighted by atomic mass is 10.1. The quantitative estimate of drug-likeness (QED) is 0.630. The second-order valence-electron chi connectivity index (χ2n) is 3.79. The van der Waals surface area contributed by atoms with Gasteiger partial charge in [-0.05, 0) is 46.9 Å². The van der Waals surface area contributed by atoms with Gasteiger partial charge in [-0.2, -0.15) is 0 Å². The highest BCUT2D eigenvalue weighted by molar-refractivity contribution is 14.1. The molecule has 1 N–H and O–H groups in total. The van der Waals surface area contributed by atoms with E-state index in [2.05, 4.69) is 27.9 Å². The van der Waals surface area contributed by atoms with Gasteiger partial charge in [0, 0.05) is 27.7 Å². The second kappa shape index (κ2) is 4.03. The van der Waals surface area contributed by atoms with E-state index >= 15 is 0 Å². The Bertz CT molecular complexity index is 614. The first-order valence-electron chi connectivity index (χ1n) is 5.20. The highest BCUT2D eigenvalue weighted by atomic mass is 127. The van der Waals surface area contributed by atoms with Crippen LogP contribution in [0, 0.1) is 3.57 Å². The monoisotopic (exact) mass is 336 g/mol. The molecule has 84 valence electrons. The molecule has 0 unspecified atom stereocenters. The van der Waals surface area contributed by atoms with Crippen molar-refractivity contribution in [2.75, 3.05) is 5.32 Å². The normalized spacial score (nSPS) is 16.1. The number of nitrogens with zero attached hydrogens (tertiary/aromatic N) is 1. The minimum atomic E-state index is -0.0437. The number of anilines is 1. The molecule has 0 bridgehead atoms. The van der Waals surface area contributed by atoms with Crippen LogP contribution < -0.4 is 5.32 Å². The summed E-state index contributed by atoms with van der Waals surface area (Å²) in [4.78, 5) is 11.9. The Morgan fingerprint density at radius 3 is 2.71 bits per heavy atom. The average Bonchev–Trinajstić information content (AvgIpc) is 2.89. The van der Waals surface area contributed by atoms with Crippen LogP contribution in [0.1, 0.15) is 5.56 Å². The van der Waals surface area contributed by atoms with Gasteiger partial charge >= 0.3 is 0 Å². The Balaban J connectivity index is 2.17. The van der Waals surface area contributed by atoms with Crippen LogP contribution in [0.4, 0.5) is 5.69 Å². The van der Waals surface area contributed by atoms with E-state index in [0.717, 1.165) is 14.8 Å². The number of amides is 1. The fraction of sp³-hybridized carbons (Fsp3) is 0. The number of hydrogen-bond donors (Lipinski definition) is 1. The van der Waals surface area contributed by atoms with Crippen molar-refractivity contribution in [2.24, 2.45) is 0 Å². The zero-order chi connectivity index (χ0) is 11.8. The van der Waals surface area contributed by atoms with Crippen molar-refractivity contribution in [3.8, 4) is 0 Å². The SMILES string of the molecule is O=C1Nc2cccc(I)c2C1=Cn1cccc1. The molecule has 0 spiro atoms. The first-order valence-corrected chi connectivity index (χ1v) is 6.28. The van der Waals surface area contributed by atoms with Gasteiger partial charge in [-0.3, -0.25) is 4.79 Å². The van der Waals surface area contributed by atoms with Crippen LogP contribution in [0.15, 0.2) is 42.7 Å². The molecule has 0 aliphatic carbocycles. The number of benzene rings is 1. The minimum Gasteiger partial charge on any atom is -0.330 e. The third-order valence-corrected chi connectivity index (χ3v) is 3.58. The van der Waals surface area contributed by atoms with E-state index in [-0.39, 0.29) is 5.91 Å². The summed E-state index contributed by atoms with van der Waals surface area (Å²) in [6.07, 6.45) is 5.67. The van der Waals surface area contributed by atoms with Crippen LogP contribution in [0.5, 0.6) is 0 Å². The first kappa shape index (κ1) is 10.6. The van der Waals surface area contributed by atoms with Crippen molar-refractivity contribution >= 4 is 46.0 Å². The lowest BCUT2D eigenvalue weighted by molar-refractivity contribution is -0.110. The van der Waals surface area contributed by atoms with E-state index < -0.39 is 0 Å². The van der Waals surface area contributed by atoms with Gasteiger partial charge in [0.15, 0.2) is 0 Å². The molecule has 0 saturated carbocycles. The van der Waals surface area contributed by atoms with E-state index in [1.165, 1.54) is 0 Å². The number of aromatic nitrogens is 1. The summed E-state index contributed by atoms with van der Waals surface area (Å²) in [6, 6.07) is 9.73. The molecular formula is C13H9IN2O. The van der Waals surface area contributed by atoms with Gasteiger partial charge in [0.2, 0.25) is 0 Å². The fourth-order valence-corrected chi connectivity index (χ4v) is 2.70. The Morgan fingerprint density at radius 2 is 1.94 bits per heavy atom. The Labute approximate surface area is 112 Å². The highest BCUT2D eigenvalue weighted by Gasteiger charge is 2.25. The van der Waals surface area contributed by atoms with Crippen LogP contribution in [-0.2, 0) is 4.79 Å². The van der Waals surface area contributed by atoms with Crippen molar-refractivity contribution in [1.29, 1.82) is 0 Å². The molecule has 17 heavy (non-hydrogen) atoms. The van der Waals surface area contributed by atoms with Gasteiger partial charge in [0.1, 0.15) is 0 Å². The summed E-state index contributed by atoms with van der Waals surface area (Å²) >= 11 is 2.25. The largest absolute Gasteiger partial charge is 0.330 e. The lowest BCUT2D eigenvalue weighted by Gasteiger charge is -2.01. The number of nitrogens with one attached hydrogen (secondary N) is 1. The molecule has 0 atom stereocenters. The van der Waals surface area contributed by atoms with Crippen molar-refractivity contribution in [1.82, 2.24) is 4.57 Å². The molecule has 3 rings (SSSR count). The molecule has 0 saturated heterocycles. The van der Waals surface area contributed by atoms with Crippen LogP contribution >= 0.6 is 22.6 Å². The molecule has 0 fully saturated rings. The predicted octanol–water partition coefficient (Wildman–Crippen LogP) is 3.04. The first-order chi connectivity index (χ1) is 8.25. The number of carbonyl (C=O) groups excluding carboxylic acids is 1. The Hall–Kier alpha value is -1.56. The third-order valence-electron chi connectivity index (χ3n) is 2.68. The van der Waals surface area contributed by atoms with E-state index in [4.69, 9.17) is 0 Å². The zero-order valence-electron chi connectivity index (χ0n) is 8.85. The van der Waals surface area contributed by atoms with Crippen molar-refractivity contribution in [3.05, 3.63) is 51.9 Å². The number of halogens is 1. The Morgan fingerprint density at radius 1 is 1.18 bits per heavy atom. The molecule has 1 amide bonds. The molecule has 4 heteroatoms. The van der Waals surface area contributed by atoms with Crippen LogP contribution in [0.2, 0.25) is 0 Å². The summed E-state index contributed by atoms with van der Waals surface area (Å²) < 4.78 is 2.96. The van der Waals surface area contributed by atoms with Crippen LogP contribution in [-0.4, -0.2) is 10.5 Å². The third kappa shape index (κ3) is 1.78. The second-order valence-corrected chi connectivity index (χ2v) is 4.95. The topological polar surface area (TPSA) is 34.0 Å². The van der Waals surface area contributed by atoms with Crippen LogP contribution in [0.25, 0.3) is 11.8 Å².